The van der Waals surface area contributed by atoms with E-state index in [0.29, 0.717) is 26.7 Å². The monoisotopic (exact) mass is 315 g/mol. The number of ether oxygens (including phenoxy) is 1. The molecule has 2 aromatic rings. The Bertz CT molecular complexity index is 542. The molecule has 0 atom stereocenters. The van der Waals surface area contributed by atoms with E-state index in [1.54, 1.807) is 30.3 Å². The SMILES string of the molecule is Nc1cccc(Cl)c1Oc1ccc(Br)c(F)c1. The van der Waals surface area contributed by atoms with Crippen molar-refractivity contribution in [3.63, 3.8) is 0 Å². The van der Waals surface area contributed by atoms with Gasteiger partial charge in [-0.2, -0.15) is 0 Å². The summed E-state index contributed by atoms with van der Waals surface area (Å²) < 4.78 is 19.1. The molecular weight excluding hydrogens is 308 g/mol. The number of rotatable bonds is 2. The van der Waals surface area contributed by atoms with E-state index < -0.39 is 5.82 Å². The Hall–Kier alpha value is -1.26. The molecule has 88 valence electrons. The highest BCUT2D eigenvalue weighted by Crippen LogP contribution is 2.35. The molecule has 0 unspecified atom stereocenters. The molecule has 0 spiro atoms. The van der Waals surface area contributed by atoms with Crippen molar-refractivity contribution in [1.82, 2.24) is 0 Å². The standard InChI is InChI=1S/C12H8BrClFNO/c13-8-5-4-7(6-10(8)15)17-12-9(14)2-1-3-11(12)16/h1-6H,16H2. The van der Waals surface area contributed by atoms with Crippen molar-refractivity contribution in [2.45, 2.75) is 0 Å². The second-order valence-corrected chi connectivity index (χ2v) is 4.60. The minimum atomic E-state index is -0.409. The lowest BCUT2D eigenvalue weighted by atomic mass is 10.3. The quantitative estimate of drug-likeness (QED) is 0.821. The van der Waals surface area contributed by atoms with Gasteiger partial charge < -0.3 is 10.5 Å². The predicted molar refractivity (Wildman–Crippen MR) is 70.0 cm³/mol. The zero-order chi connectivity index (χ0) is 12.4. The van der Waals surface area contributed by atoms with Crippen LogP contribution in [0.15, 0.2) is 40.9 Å². The van der Waals surface area contributed by atoms with E-state index >= 15 is 0 Å². The Balaban J connectivity index is 2.35. The van der Waals surface area contributed by atoms with Crippen molar-refractivity contribution in [3.05, 3.63) is 51.7 Å². The van der Waals surface area contributed by atoms with Crippen LogP contribution in [-0.2, 0) is 0 Å². The van der Waals surface area contributed by atoms with E-state index in [0.717, 1.165) is 0 Å². The number of halogens is 3. The smallest absolute Gasteiger partial charge is 0.168 e. The summed E-state index contributed by atoms with van der Waals surface area (Å²) in [5.74, 6) is 0.259. The predicted octanol–water partition coefficient (Wildman–Crippen LogP) is 4.62. The van der Waals surface area contributed by atoms with Crippen molar-refractivity contribution >= 4 is 33.2 Å². The van der Waals surface area contributed by atoms with Gasteiger partial charge in [0.2, 0.25) is 0 Å². The maximum absolute atomic E-state index is 13.3. The highest BCUT2D eigenvalue weighted by atomic mass is 79.9. The van der Waals surface area contributed by atoms with E-state index in [1.165, 1.54) is 6.07 Å². The molecule has 0 saturated heterocycles. The van der Waals surface area contributed by atoms with Crippen molar-refractivity contribution in [1.29, 1.82) is 0 Å². The van der Waals surface area contributed by atoms with Gasteiger partial charge in [-0.15, -0.1) is 0 Å². The van der Waals surface area contributed by atoms with E-state index in [2.05, 4.69) is 15.9 Å². The molecule has 17 heavy (non-hydrogen) atoms. The molecule has 2 nitrogen and oxygen atoms in total. The second-order valence-electron chi connectivity index (χ2n) is 3.34. The summed E-state index contributed by atoms with van der Waals surface area (Å²) in [5.41, 5.74) is 6.13. The third-order valence-electron chi connectivity index (χ3n) is 2.11. The highest BCUT2D eigenvalue weighted by molar-refractivity contribution is 9.10. The maximum Gasteiger partial charge on any atom is 0.168 e. The molecule has 0 aliphatic rings. The van der Waals surface area contributed by atoms with E-state index in [1.807, 2.05) is 0 Å². The van der Waals surface area contributed by atoms with Gasteiger partial charge in [0.15, 0.2) is 5.75 Å². The van der Waals surface area contributed by atoms with Gasteiger partial charge in [0.05, 0.1) is 15.2 Å². The molecule has 5 heteroatoms. The number of benzene rings is 2. The zero-order valence-corrected chi connectivity index (χ0v) is 10.9. The summed E-state index contributed by atoms with van der Waals surface area (Å²) in [4.78, 5) is 0. The van der Waals surface area contributed by atoms with Crippen molar-refractivity contribution in [3.8, 4) is 11.5 Å². The molecule has 0 amide bonds. The summed E-state index contributed by atoms with van der Waals surface area (Å²) in [5, 5.41) is 0.383. The Morgan fingerprint density at radius 3 is 2.65 bits per heavy atom. The topological polar surface area (TPSA) is 35.2 Å². The van der Waals surface area contributed by atoms with Gasteiger partial charge in [0.1, 0.15) is 11.6 Å². The first-order chi connectivity index (χ1) is 8.08. The first kappa shape index (κ1) is 12.2. The van der Waals surface area contributed by atoms with Crippen LogP contribution in [0.3, 0.4) is 0 Å². The van der Waals surface area contributed by atoms with Gasteiger partial charge in [-0.05, 0) is 40.2 Å². The van der Waals surface area contributed by atoms with E-state index in [4.69, 9.17) is 22.1 Å². The summed E-state index contributed by atoms with van der Waals surface area (Å²) in [6.07, 6.45) is 0. The Kier molecular flexibility index (Phi) is 3.54. The van der Waals surface area contributed by atoms with Crippen LogP contribution in [0, 0.1) is 5.82 Å². The minimum absolute atomic E-state index is 0.330. The molecule has 2 rings (SSSR count). The largest absolute Gasteiger partial charge is 0.454 e. The molecule has 0 aliphatic carbocycles. The molecule has 0 aromatic heterocycles. The molecule has 0 aliphatic heterocycles. The van der Waals surface area contributed by atoms with E-state index in [9.17, 15) is 4.39 Å². The number of para-hydroxylation sites is 1. The number of anilines is 1. The average Bonchev–Trinajstić information content (AvgIpc) is 2.28. The van der Waals surface area contributed by atoms with Crippen molar-refractivity contribution in [2.24, 2.45) is 0 Å². The van der Waals surface area contributed by atoms with Crippen LogP contribution in [-0.4, -0.2) is 0 Å². The van der Waals surface area contributed by atoms with Gasteiger partial charge in [-0.3, -0.25) is 0 Å². The van der Waals surface area contributed by atoms with Crippen molar-refractivity contribution in [2.75, 3.05) is 5.73 Å². The van der Waals surface area contributed by atoms with Gasteiger partial charge >= 0.3 is 0 Å². The maximum atomic E-state index is 13.3. The number of nitrogen functional groups attached to an aromatic ring is 1. The first-order valence-electron chi connectivity index (χ1n) is 4.75. The van der Waals surface area contributed by atoms with E-state index in [-0.39, 0.29) is 0 Å². The Morgan fingerprint density at radius 2 is 2.00 bits per heavy atom. The molecule has 0 heterocycles. The lowest BCUT2D eigenvalue weighted by molar-refractivity contribution is 0.478. The summed E-state index contributed by atoms with van der Waals surface area (Å²) in [6, 6.07) is 9.46. The fourth-order valence-electron chi connectivity index (χ4n) is 1.29. The molecule has 0 radical (unpaired) electrons. The number of nitrogens with two attached hydrogens (primary N) is 1. The normalized spacial score (nSPS) is 10.3. The minimum Gasteiger partial charge on any atom is -0.454 e. The van der Waals surface area contributed by atoms with Crippen LogP contribution in [0.2, 0.25) is 5.02 Å². The third-order valence-corrected chi connectivity index (χ3v) is 3.05. The van der Waals surface area contributed by atoms with Crippen LogP contribution >= 0.6 is 27.5 Å². The number of hydrogen-bond donors (Lipinski definition) is 1. The second kappa shape index (κ2) is 4.94. The zero-order valence-electron chi connectivity index (χ0n) is 8.58. The van der Waals surface area contributed by atoms with Gasteiger partial charge in [0, 0.05) is 6.07 Å². The van der Waals surface area contributed by atoms with Crippen LogP contribution in [0.5, 0.6) is 11.5 Å². The third kappa shape index (κ3) is 2.70. The molecule has 0 saturated carbocycles. The summed E-state index contributed by atoms with van der Waals surface area (Å²) >= 11 is 9.00. The average molecular weight is 317 g/mol. The molecule has 0 fully saturated rings. The van der Waals surface area contributed by atoms with Gasteiger partial charge in [-0.1, -0.05) is 17.7 Å². The van der Waals surface area contributed by atoms with Gasteiger partial charge in [-0.25, -0.2) is 4.39 Å². The first-order valence-corrected chi connectivity index (χ1v) is 5.92. The highest BCUT2D eigenvalue weighted by Gasteiger charge is 2.08. The molecular formula is C12H8BrClFNO. The van der Waals surface area contributed by atoms with Gasteiger partial charge in [0.25, 0.3) is 0 Å². The lowest BCUT2D eigenvalue weighted by Gasteiger charge is -2.10. The van der Waals surface area contributed by atoms with Crippen LogP contribution < -0.4 is 10.5 Å². The fourth-order valence-corrected chi connectivity index (χ4v) is 1.76. The van der Waals surface area contributed by atoms with Crippen LogP contribution in [0.25, 0.3) is 0 Å². The molecule has 0 bridgehead atoms. The van der Waals surface area contributed by atoms with Crippen LogP contribution in [0.1, 0.15) is 0 Å². The fraction of sp³-hybridized carbons (Fsp3) is 0. The number of hydrogen-bond acceptors (Lipinski definition) is 2. The summed E-state index contributed by atoms with van der Waals surface area (Å²) in [6.45, 7) is 0. The molecule has 2 aromatic carbocycles. The Labute approximate surface area is 111 Å². The summed E-state index contributed by atoms with van der Waals surface area (Å²) in [7, 11) is 0. The Morgan fingerprint density at radius 1 is 1.24 bits per heavy atom. The van der Waals surface area contributed by atoms with Crippen LogP contribution in [0.4, 0.5) is 10.1 Å². The van der Waals surface area contributed by atoms with Crippen molar-refractivity contribution < 1.29 is 9.13 Å². The lowest BCUT2D eigenvalue weighted by Crippen LogP contribution is -1.93. The molecule has 2 N–H and O–H groups in total.